The second-order valence-electron chi connectivity index (χ2n) is 26.6. The van der Waals surface area contributed by atoms with Crippen LogP contribution in [-0.2, 0) is 53.1 Å². The number of aromatic amines is 2. The number of hydrogen-bond donors (Lipinski definition) is 10. The zero-order valence-corrected chi connectivity index (χ0v) is 73.3. The molecule has 9 rings (SSSR count). The summed E-state index contributed by atoms with van der Waals surface area (Å²) in [4.78, 5) is 76.4. The average molecular weight is 1660 g/mol. The Morgan fingerprint density at radius 3 is 0.638 bits per heavy atom. The number of anilines is 4. The summed E-state index contributed by atoms with van der Waals surface area (Å²) in [5, 5.41) is 25.0. The van der Waals surface area contributed by atoms with Gasteiger partial charge in [0.25, 0.3) is 0 Å². The van der Waals surface area contributed by atoms with Gasteiger partial charge in [-0.3, -0.25) is 0 Å². The normalized spacial score (nSPS) is 12.2. The van der Waals surface area contributed by atoms with Gasteiger partial charge < -0.3 is 106 Å². The van der Waals surface area contributed by atoms with Gasteiger partial charge in [-0.2, -0.15) is 0 Å². The van der Waals surface area contributed by atoms with Gasteiger partial charge in [0.2, 0.25) is 0 Å². The molecule has 8 amide bonds. The Kier molecular flexibility index (Phi) is 36.2. The van der Waals surface area contributed by atoms with Crippen LogP contribution in [0.15, 0.2) is 121 Å². The standard InChI is InChI=1S/C84H118N12O16Si4/c1-13-101-113(102-14-2,103-15-3)57-33-53-85-81(97)93-65-41-29-25-37-61(65)77-69-45-47-71(89-69)78(62-38-26-30-42-66(62)94-82(98)86-54-34-58-114(104-16-4,105-17-5)106-18-6)73-49-51-75(91-73)80(64-40-28-32-44-68(64)96-84(100)88-56-36-60-116(110-22-10,111-23-11)112-24-12)76-52-50-74(92-76)79(72-48-46-70(77)90-72)63-39-27-31-43-67(63)95-83(99)87-55-35-59-115(107-19-7,108-20-8)109-21-9/h25-32,37-52,89,92H,13-24,33-36,53-60H2,1-12H3,(H2,85,93,97)(H2,86,94,98)(H2,87,95,99)(H2,88,96,100). The Labute approximate surface area is 686 Å². The molecule has 28 nitrogen and oxygen atoms in total. The molecule has 2 aliphatic rings. The monoisotopic (exact) mass is 1660 g/mol. The third-order valence-corrected chi connectivity index (χ3v) is 31.3. The maximum absolute atomic E-state index is 14.4. The van der Waals surface area contributed by atoms with Gasteiger partial charge in [0.05, 0.1) is 45.5 Å². The summed E-state index contributed by atoms with van der Waals surface area (Å²) in [5.41, 5.74) is 11.3. The van der Waals surface area contributed by atoms with Gasteiger partial charge in [0.15, 0.2) is 0 Å². The lowest BCUT2D eigenvalue weighted by molar-refractivity contribution is 0.0701. The summed E-state index contributed by atoms with van der Waals surface area (Å²) in [7, 11) is -12.0. The van der Waals surface area contributed by atoms with Crippen LogP contribution in [0.5, 0.6) is 0 Å². The highest BCUT2D eigenvalue weighted by molar-refractivity contribution is 6.62. The van der Waals surface area contributed by atoms with E-state index in [1.165, 1.54) is 0 Å². The van der Waals surface area contributed by atoms with Crippen LogP contribution in [0.2, 0.25) is 24.2 Å². The van der Waals surface area contributed by atoms with Crippen LogP contribution in [0.3, 0.4) is 0 Å². The van der Waals surface area contributed by atoms with E-state index in [0.29, 0.717) is 267 Å². The van der Waals surface area contributed by atoms with Gasteiger partial charge >= 0.3 is 59.3 Å². The van der Waals surface area contributed by atoms with Crippen molar-refractivity contribution in [3.05, 3.63) is 144 Å². The van der Waals surface area contributed by atoms with E-state index in [9.17, 15) is 19.2 Å². The number of rotatable bonds is 48. The molecular weight excluding hydrogens is 1550 g/mol. The van der Waals surface area contributed by atoms with Crippen LogP contribution in [0.25, 0.3) is 90.9 Å². The van der Waals surface area contributed by atoms with Crippen LogP contribution in [0.1, 0.15) is 132 Å². The fraction of sp³-hybridized carbons (Fsp3) is 0.429. The Morgan fingerprint density at radius 1 is 0.276 bits per heavy atom. The highest BCUT2D eigenvalue weighted by Crippen LogP contribution is 2.43. The molecule has 0 spiro atoms. The Morgan fingerprint density at radius 2 is 0.457 bits per heavy atom. The number of benzene rings is 4. The van der Waals surface area contributed by atoms with E-state index in [1.54, 1.807) is 0 Å². The number of amides is 8. The number of nitrogens with zero attached hydrogens (tertiary/aromatic N) is 2. The summed E-state index contributed by atoms with van der Waals surface area (Å²) in [6.07, 6.45) is 9.88. The van der Waals surface area contributed by atoms with Gasteiger partial charge in [-0.05, 0) is 182 Å². The molecule has 116 heavy (non-hydrogen) atoms. The SMILES string of the molecule is CCO[Si](CCCNC(=O)Nc1ccccc1-c1c2nc(c(-c3ccccc3NC(=O)NCCC[Si](OCC)(OCC)OCC)c3ccc([nH]3)c(-c3ccccc3NC(=O)NCCC[Si](OCC)(OCC)OCC)c3nc(c(-c4ccccc4NC(=O)NCCC[Si](OCC)(OCC)OCC)c4ccc1[nH]4)C=C3)C=C2)(OCC)OCC. The molecule has 0 fully saturated rings. The molecule has 0 aliphatic carbocycles. The number of nitrogens with one attached hydrogen (secondary N) is 10. The van der Waals surface area contributed by atoms with E-state index in [1.807, 2.05) is 229 Å². The second kappa shape index (κ2) is 46.2. The van der Waals surface area contributed by atoms with Crippen molar-refractivity contribution in [1.29, 1.82) is 0 Å². The molecule has 7 aromatic rings. The highest BCUT2D eigenvalue weighted by Gasteiger charge is 2.43. The van der Waals surface area contributed by atoms with Crippen LogP contribution in [0.4, 0.5) is 41.9 Å². The zero-order chi connectivity index (χ0) is 82.8. The maximum Gasteiger partial charge on any atom is 0.500 e. The molecule has 3 aromatic heterocycles. The van der Waals surface area contributed by atoms with Crippen LogP contribution >= 0.6 is 0 Å². The largest absolute Gasteiger partial charge is 0.500 e. The van der Waals surface area contributed by atoms with E-state index < -0.39 is 59.3 Å². The molecule has 0 atom stereocenters. The van der Waals surface area contributed by atoms with Crippen molar-refractivity contribution in [1.82, 2.24) is 41.2 Å². The Hall–Kier alpha value is -9.05. The fourth-order valence-corrected chi connectivity index (χ4v) is 24.7. The minimum Gasteiger partial charge on any atom is -0.374 e. The lowest BCUT2D eigenvalue weighted by Gasteiger charge is -2.28. The van der Waals surface area contributed by atoms with Crippen molar-refractivity contribution in [2.45, 2.75) is 133 Å². The molecule has 2 aliphatic heterocycles. The van der Waals surface area contributed by atoms with Crippen molar-refractivity contribution < 1.29 is 72.3 Å². The molecular formula is C84H118N12O16Si4. The summed E-state index contributed by atoms with van der Waals surface area (Å²) < 4.78 is 73.6. The average Bonchev–Trinajstić information content (AvgIpc) is 1.60. The number of carbonyl (C=O) groups is 4. The van der Waals surface area contributed by atoms with E-state index in [-0.39, 0.29) is 0 Å². The topological polar surface area (TPSA) is 333 Å². The minimum atomic E-state index is -3.01. The van der Waals surface area contributed by atoms with Crippen molar-refractivity contribution in [2.24, 2.45) is 0 Å². The molecule has 0 radical (unpaired) electrons. The Balaban J connectivity index is 1.24. The maximum atomic E-state index is 14.4. The number of urea groups is 4. The van der Waals surface area contributed by atoms with E-state index in [0.717, 1.165) is 0 Å². The molecule has 10 N–H and O–H groups in total. The first-order valence-corrected chi connectivity index (χ1v) is 48.6. The Bertz CT molecular complexity index is 3980. The van der Waals surface area contributed by atoms with Gasteiger partial charge in [-0.15, -0.1) is 0 Å². The lowest BCUT2D eigenvalue weighted by Crippen LogP contribution is -2.46. The lowest BCUT2D eigenvalue weighted by atomic mass is 10.0. The molecule has 0 saturated carbocycles. The van der Waals surface area contributed by atoms with Crippen molar-refractivity contribution in [2.75, 3.05) is 127 Å². The van der Waals surface area contributed by atoms with Gasteiger partial charge in [-0.25, -0.2) is 29.1 Å². The second-order valence-corrected chi connectivity index (χ2v) is 37.5. The first kappa shape index (κ1) is 90.9. The molecule has 32 heteroatoms. The first-order valence-electron chi connectivity index (χ1n) is 40.9. The third kappa shape index (κ3) is 24.5. The third-order valence-electron chi connectivity index (χ3n) is 18.7. The predicted octanol–water partition coefficient (Wildman–Crippen LogP) is 17.6. The van der Waals surface area contributed by atoms with Gasteiger partial charge in [0.1, 0.15) is 0 Å². The summed E-state index contributed by atoms with van der Waals surface area (Å²) in [5.74, 6) is 0. The molecule has 626 valence electrons. The number of hydrogen-bond acceptors (Lipinski definition) is 18. The van der Waals surface area contributed by atoms with Crippen LogP contribution in [-0.4, -0.2) is 185 Å². The van der Waals surface area contributed by atoms with Crippen molar-refractivity contribution >= 4 is 128 Å². The quantitative estimate of drug-likeness (QED) is 0.0125. The number of H-pyrrole nitrogens is 2. The summed E-state index contributed by atoms with van der Waals surface area (Å²) in [6.45, 7) is 29.3. The van der Waals surface area contributed by atoms with Crippen molar-refractivity contribution in [3.8, 4) is 44.5 Å². The molecule has 4 aromatic carbocycles. The van der Waals surface area contributed by atoms with Gasteiger partial charge in [0, 0.05) is 196 Å². The number of aromatic nitrogens is 4. The van der Waals surface area contributed by atoms with E-state index in [4.69, 9.17) is 63.1 Å². The summed E-state index contributed by atoms with van der Waals surface area (Å²) >= 11 is 0. The zero-order valence-electron chi connectivity index (χ0n) is 69.3. The molecule has 0 saturated heterocycles. The number of carbonyl (C=O) groups excluding carboxylic acids is 4. The highest BCUT2D eigenvalue weighted by atomic mass is 28.4. The molecule has 5 heterocycles. The smallest absolute Gasteiger partial charge is 0.374 e. The van der Waals surface area contributed by atoms with Crippen molar-refractivity contribution in [3.63, 3.8) is 0 Å². The molecule has 8 bridgehead atoms. The summed E-state index contributed by atoms with van der Waals surface area (Å²) in [6, 6.07) is 38.3. The van der Waals surface area contributed by atoms with Gasteiger partial charge in [-0.1, -0.05) is 72.8 Å². The fourth-order valence-electron chi connectivity index (χ4n) is 14.3. The van der Waals surface area contributed by atoms with Crippen LogP contribution in [0, 0.1) is 0 Å². The van der Waals surface area contributed by atoms with Crippen LogP contribution < -0.4 is 42.5 Å². The first-order chi connectivity index (χ1) is 56.5. The van der Waals surface area contributed by atoms with E-state index >= 15 is 0 Å². The minimum absolute atomic E-state index is 0.299. The number of fused-ring (bicyclic) bond motifs is 8. The molecule has 0 unspecified atom stereocenters. The predicted molar refractivity (Wildman–Crippen MR) is 469 cm³/mol. The number of para-hydroxylation sites is 4. The van der Waals surface area contributed by atoms with E-state index in [2.05, 4.69) is 52.5 Å².